The monoisotopic (exact) mass is 492 g/mol. The van der Waals surface area contributed by atoms with Crippen molar-refractivity contribution >= 4 is 34.4 Å². The van der Waals surface area contributed by atoms with E-state index in [0.717, 1.165) is 33.5 Å². The zero-order chi connectivity index (χ0) is 19.5. The lowest BCUT2D eigenvalue weighted by Gasteiger charge is -2.27. The topological polar surface area (TPSA) is 67.9 Å². The van der Waals surface area contributed by atoms with Crippen molar-refractivity contribution in [1.29, 1.82) is 0 Å². The lowest BCUT2D eigenvalue weighted by Crippen LogP contribution is -2.40. The van der Waals surface area contributed by atoms with Gasteiger partial charge in [-0.2, -0.15) is 0 Å². The number of halogens is 1. The van der Waals surface area contributed by atoms with Crippen LogP contribution in [0.25, 0.3) is 0 Å². The molecule has 2 amide bonds. The summed E-state index contributed by atoms with van der Waals surface area (Å²) >= 11 is 2.12. The Morgan fingerprint density at radius 1 is 1.11 bits per heavy atom. The Hall–Kier alpha value is -2.29. The molecule has 2 aromatic rings. The molecule has 0 aliphatic carbocycles. The summed E-state index contributed by atoms with van der Waals surface area (Å²) in [6.07, 6.45) is 1.84. The highest BCUT2D eigenvalue weighted by Crippen LogP contribution is 2.38. The summed E-state index contributed by atoms with van der Waals surface area (Å²) in [5.74, 6) is 1.18. The molecule has 6 nitrogen and oxygen atoms in total. The average molecular weight is 492 g/mol. The number of likely N-dealkylation sites (tertiary alicyclic amines) is 1. The van der Waals surface area contributed by atoms with Crippen LogP contribution in [0, 0.1) is 3.57 Å². The second-order valence-electron chi connectivity index (χ2n) is 6.81. The van der Waals surface area contributed by atoms with Crippen molar-refractivity contribution in [3.8, 4) is 11.5 Å². The zero-order valence-corrected chi connectivity index (χ0v) is 17.5. The first kappa shape index (κ1) is 19.0. The van der Waals surface area contributed by atoms with E-state index in [0.29, 0.717) is 25.3 Å². The van der Waals surface area contributed by atoms with E-state index in [2.05, 4.69) is 27.9 Å². The summed E-state index contributed by atoms with van der Waals surface area (Å²) in [7, 11) is 0. The quantitative estimate of drug-likeness (QED) is 0.667. The molecule has 0 radical (unpaired) electrons. The van der Waals surface area contributed by atoms with Crippen LogP contribution in [0.1, 0.15) is 34.8 Å². The third-order valence-electron chi connectivity index (χ3n) is 5.04. The average Bonchev–Trinajstić information content (AvgIpc) is 3.22. The van der Waals surface area contributed by atoms with E-state index in [1.165, 1.54) is 0 Å². The molecule has 1 N–H and O–H groups in total. The molecule has 2 heterocycles. The SMILES string of the molecule is O=C(NCC(=O)N1CCC[C@H]1c1ccc2c(c1)OCCO2)c1ccccc1I. The Balaban J connectivity index is 1.42. The van der Waals surface area contributed by atoms with Crippen molar-refractivity contribution in [1.82, 2.24) is 10.2 Å². The van der Waals surface area contributed by atoms with Gasteiger partial charge in [-0.1, -0.05) is 18.2 Å². The lowest BCUT2D eigenvalue weighted by molar-refractivity contribution is -0.131. The van der Waals surface area contributed by atoms with E-state index >= 15 is 0 Å². The molecular weight excluding hydrogens is 471 g/mol. The molecular formula is C21H21IN2O4. The second-order valence-corrected chi connectivity index (χ2v) is 7.97. The molecule has 0 unspecified atom stereocenters. The first-order chi connectivity index (χ1) is 13.6. The molecule has 2 aliphatic rings. The lowest BCUT2D eigenvalue weighted by atomic mass is 10.0. The maximum absolute atomic E-state index is 12.8. The maximum Gasteiger partial charge on any atom is 0.252 e. The number of rotatable bonds is 4. The predicted molar refractivity (Wildman–Crippen MR) is 113 cm³/mol. The number of ether oxygens (including phenoxy) is 2. The van der Waals surface area contributed by atoms with E-state index in [1.54, 1.807) is 6.07 Å². The maximum atomic E-state index is 12.8. The first-order valence-electron chi connectivity index (χ1n) is 9.35. The molecule has 146 valence electrons. The zero-order valence-electron chi connectivity index (χ0n) is 15.3. The van der Waals surface area contributed by atoms with Crippen molar-refractivity contribution in [2.75, 3.05) is 26.3 Å². The van der Waals surface area contributed by atoms with Crippen molar-refractivity contribution in [2.45, 2.75) is 18.9 Å². The number of carbonyl (C=O) groups is 2. The minimum Gasteiger partial charge on any atom is -0.486 e. The fourth-order valence-electron chi connectivity index (χ4n) is 3.68. The minimum atomic E-state index is -0.228. The van der Waals surface area contributed by atoms with Gasteiger partial charge in [0.25, 0.3) is 5.91 Å². The largest absolute Gasteiger partial charge is 0.486 e. The highest BCUT2D eigenvalue weighted by Gasteiger charge is 2.31. The van der Waals surface area contributed by atoms with Gasteiger partial charge in [-0.3, -0.25) is 9.59 Å². The Morgan fingerprint density at radius 2 is 1.89 bits per heavy atom. The van der Waals surface area contributed by atoms with Gasteiger partial charge in [-0.15, -0.1) is 0 Å². The summed E-state index contributed by atoms with van der Waals surface area (Å²) < 4.78 is 12.1. The number of nitrogens with one attached hydrogen (secondary N) is 1. The molecule has 7 heteroatoms. The van der Waals surface area contributed by atoms with Gasteiger partial charge >= 0.3 is 0 Å². The Kier molecular flexibility index (Phi) is 5.70. The third kappa shape index (κ3) is 3.94. The normalized spacial score (nSPS) is 18.0. The van der Waals surface area contributed by atoms with Gasteiger partial charge in [0.1, 0.15) is 13.2 Å². The van der Waals surface area contributed by atoms with Gasteiger partial charge < -0.3 is 19.7 Å². The number of hydrogen-bond donors (Lipinski definition) is 1. The molecule has 0 spiro atoms. The summed E-state index contributed by atoms with van der Waals surface area (Å²) in [6.45, 7) is 1.77. The Morgan fingerprint density at radius 3 is 2.71 bits per heavy atom. The van der Waals surface area contributed by atoms with Crippen LogP contribution in [0.5, 0.6) is 11.5 Å². The van der Waals surface area contributed by atoms with Crippen molar-refractivity contribution in [2.24, 2.45) is 0 Å². The van der Waals surface area contributed by atoms with Crippen LogP contribution >= 0.6 is 22.6 Å². The van der Waals surface area contributed by atoms with E-state index in [-0.39, 0.29) is 24.4 Å². The molecule has 1 saturated heterocycles. The smallest absolute Gasteiger partial charge is 0.252 e. The van der Waals surface area contributed by atoms with E-state index < -0.39 is 0 Å². The molecule has 1 atom stereocenters. The molecule has 28 heavy (non-hydrogen) atoms. The van der Waals surface area contributed by atoms with Crippen LogP contribution in [-0.4, -0.2) is 43.0 Å². The molecule has 0 aromatic heterocycles. The highest BCUT2D eigenvalue weighted by atomic mass is 127. The molecule has 0 bridgehead atoms. The first-order valence-corrected chi connectivity index (χ1v) is 10.4. The number of carbonyl (C=O) groups excluding carboxylic acids is 2. The third-order valence-corrected chi connectivity index (χ3v) is 5.98. The summed E-state index contributed by atoms with van der Waals surface area (Å²) in [4.78, 5) is 27.0. The molecule has 2 aromatic carbocycles. The highest BCUT2D eigenvalue weighted by molar-refractivity contribution is 14.1. The fraction of sp³-hybridized carbons (Fsp3) is 0.333. The van der Waals surface area contributed by atoms with Crippen molar-refractivity contribution < 1.29 is 19.1 Å². The van der Waals surface area contributed by atoms with Crippen LogP contribution in [0.15, 0.2) is 42.5 Å². The summed E-state index contributed by atoms with van der Waals surface area (Å²) in [5, 5.41) is 2.76. The van der Waals surface area contributed by atoms with Gasteiger partial charge in [-0.25, -0.2) is 0 Å². The summed E-state index contributed by atoms with van der Waals surface area (Å²) in [6, 6.07) is 13.2. The van der Waals surface area contributed by atoms with Gasteiger partial charge in [0, 0.05) is 10.1 Å². The minimum absolute atomic E-state index is 0.00269. The standard InChI is InChI=1S/C21H21IN2O4/c22-16-5-2-1-4-15(16)21(26)23-13-20(25)24-9-3-6-17(24)14-7-8-18-19(12-14)28-11-10-27-18/h1-2,4-5,7-8,12,17H,3,6,9-11,13H2,(H,23,26)/t17-/m0/s1. The Bertz CT molecular complexity index is 902. The number of benzene rings is 2. The van der Waals surface area contributed by atoms with Crippen LogP contribution in [-0.2, 0) is 4.79 Å². The van der Waals surface area contributed by atoms with Crippen LogP contribution in [0.4, 0.5) is 0 Å². The van der Waals surface area contributed by atoms with Gasteiger partial charge in [-0.05, 0) is 65.3 Å². The van der Waals surface area contributed by atoms with Gasteiger partial charge in [0.05, 0.1) is 18.2 Å². The molecule has 0 saturated carbocycles. The van der Waals surface area contributed by atoms with Crippen molar-refractivity contribution in [3.63, 3.8) is 0 Å². The van der Waals surface area contributed by atoms with Crippen LogP contribution in [0.3, 0.4) is 0 Å². The summed E-state index contributed by atoms with van der Waals surface area (Å²) in [5.41, 5.74) is 1.62. The van der Waals surface area contributed by atoms with E-state index in [4.69, 9.17) is 9.47 Å². The fourth-order valence-corrected chi connectivity index (χ4v) is 4.31. The molecule has 1 fully saturated rings. The second kappa shape index (κ2) is 8.38. The molecule has 4 rings (SSSR count). The van der Waals surface area contributed by atoms with Crippen LogP contribution < -0.4 is 14.8 Å². The number of amides is 2. The molecule has 2 aliphatic heterocycles. The predicted octanol–water partition coefficient (Wildman–Crippen LogP) is 3.16. The van der Waals surface area contributed by atoms with E-state index in [9.17, 15) is 9.59 Å². The number of nitrogens with zero attached hydrogens (tertiary/aromatic N) is 1. The number of fused-ring (bicyclic) bond motifs is 1. The Labute approximate surface area is 177 Å². The van der Waals surface area contributed by atoms with Crippen LogP contribution in [0.2, 0.25) is 0 Å². The van der Waals surface area contributed by atoms with Gasteiger partial charge in [0.2, 0.25) is 5.91 Å². The van der Waals surface area contributed by atoms with E-state index in [1.807, 2.05) is 41.3 Å². The van der Waals surface area contributed by atoms with Gasteiger partial charge in [0.15, 0.2) is 11.5 Å². The van der Waals surface area contributed by atoms with Crippen molar-refractivity contribution in [3.05, 3.63) is 57.2 Å². The number of hydrogen-bond acceptors (Lipinski definition) is 4.